The maximum atomic E-state index is 11.4. The van der Waals surface area contributed by atoms with E-state index in [1.165, 1.54) is 6.07 Å². The molecule has 4 nitrogen and oxygen atoms in total. The van der Waals surface area contributed by atoms with Gasteiger partial charge in [-0.1, -0.05) is 0 Å². The number of nitrogens with one attached hydrogen (secondary N) is 1. The Kier molecular flexibility index (Phi) is 4.67. The average molecular weight is 438 g/mol. The molecule has 0 heterocycles. The summed E-state index contributed by atoms with van der Waals surface area (Å²) < 4.78 is 26.4. The van der Waals surface area contributed by atoms with Gasteiger partial charge in [-0.3, -0.25) is 4.72 Å². The van der Waals surface area contributed by atoms with E-state index in [2.05, 4.69) is 52.5 Å². The smallest absolute Gasteiger partial charge is 0.232 e. The van der Waals surface area contributed by atoms with Crippen LogP contribution in [-0.2, 0) is 10.0 Å². The molecule has 1 aromatic rings. The molecule has 8 heteroatoms. The maximum Gasteiger partial charge on any atom is 0.232 e. The van der Waals surface area contributed by atoms with Gasteiger partial charge >= 0.3 is 0 Å². The number of phenols is 1. The summed E-state index contributed by atoms with van der Waals surface area (Å²) in [6.07, 6.45) is 0. The highest BCUT2D eigenvalue weighted by atomic mass is 79.9. The van der Waals surface area contributed by atoms with Crippen LogP contribution in [0.2, 0.25) is 0 Å². The molecule has 0 amide bonds. The Balaban J connectivity index is 3.27. The highest BCUT2D eigenvalue weighted by molar-refractivity contribution is 9.13. The topological polar surface area (TPSA) is 66.4 Å². The van der Waals surface area contributed by atoms with Crippen molar-refractivity contribution in [2.45, 2.75) is 6.92 Å². The second kappa shape index (κ2) is 5.24. The van der Waals surface area contributed by atoms with Crippen molar-refractivity contribution < 1.29 is 13.5 Å². The van der Waals surface area contributed by atoms with Gasteiger partial charge in [-0.15, -0.1) is 0 Å². The van der Waals surface area contributed by atoms with Crippen molar-refractivity contribution in [2.24, 2.45) is 0 Å². The zero-order chi connectivity index (χ0) is 12.5. The first-order valence-electron chi connectivity index (χ1n) is 4.15. The van der Waals surface area contributed by atoms with Gasteiger partial charge in [0.05, 0.1) is 24.9 Å². The average Bonchev–Trinajstić information content (AvgIpc) is 2.22. The summed E-state index contributed by atoms with van der Waals surface area (Å²) in [6, 6.07) is 1.48. The number of sulfonamides is 1. The molecule has 1 aromatic carbocycles. The summed E-state index contributed by atoms with van der Waals surface area (Å²) in [4.78, 5) is 0. The number of aromatic hydroxyl groups is 1. The Bertz CT molecular complexity index is 516. The number of hydrogen-bond donors (Lipinski definition) is 2. The van der Waals surface area contributed by atoms with Crippen molar-refractivity contribution in [2.75, 3.05) is 10.5 Å². The van der Waals surface area contributed by atoms with Gasteiger partial charge in [0.15, 0.2) is 0 Å². The van der Waals surface area contributed by atoms with E-state index >= 15 is 0 Å². The first-order chi connectivity index (χ1) is 7.28. The molecule has 0 unspecified atom stereocenters. The zero-order valence-corrected chi connectivity index (χ0v) is 13.7. The highest BCUT2D eigenvalue weighted by Gasteiger charge is 2.16. The Morgan fingerprint density at radius 3 is 2.38 bits per heavy atom. The standard InChI is InChI=1S/C8H8Br3NO3S/c1-2-16(14,15)12-5-3-4(9)8(13)7(11)6(5)10/h3,12-13H,2H2,1H3. The van der Waals surface area contributed by atoms with Crippen LogP contribution < -0.4 is 4.72 Å². The lowest BCUT2D eigenvalue weighted by atomic mass is 10.3. The molecule has 0 spiro atoms. The van der Waals surface area contributed by atoms with E-state index in [1.54, 1.807) is 6.92 Å². The first-order valence-corrected chi connectivity index (χ1v) is 8.18. The third-order valence-electron chi connectivity index (χ3n) is 1.78. The number of hydrogen-bond acceptors (Lipinski definition) is 3. The van der Waals surface area contributed by atoms with Gasteiger partial charge in [0, 0.05) is 0 Å². The van der Waals surface area contributed by atoms with Crippen molar-refractivity contribution in [3.63, 3.8) is 0 Å². The molecule has 0 saturated heterocycles. The summed E-state index contributed by atoms with van der Waals surface area (Å²) in [5, 5.41) is 9.57. The largest absolute Gasteiger partial charge is 0.506 e. The minimum atomic E-state index is -3.34. The molecule has 90 valence electrons. The van der Waals surface area contributed by atoms with E-state index in [0.29, 0.717) is 19.1 Å². The fourth-order valence-corrected chi connectivity index (χ4v) is 3.19. The molecule has 0 saturated carbocycles. The molecule has 0 bridgehead atoms. The molecule has 16 heavy (non-hydrogen) atoms. The van der Waals surface area contributed by atoms with Gasteiger partial charge < -0.3 is 5.11 Å². The predicted molar refractivity (Wildman–Crippen MR) is 74.3 cm³/mol. The van der Waals surface area contributed by atoms with E-state index in [1.807, 2.05) is 0 Å². The van der Waals surface area contributed by atoms with Crippen LogP contribution in [0.15, 0.2) is 19.5 Å². The minimum absolute atomic E-state index is 0.00585. The Hall–Kier alpha value is 0.210. The normalized spacial score (nSPS) is 11.5. The summed E-state index contributed by atoms with van der Waals surface area (Å²) in [7, 11) is -3.34. The number of benzene rings is 1. The zero-order valence-electron chi connectivity index (χ0n) is 8.09. The number of halogens is 3. The molecule has 0 aromatic heterocycles. The van der Waals surface area contributed by atoms with Gasteiger partial charge in [0.1, 0.15) is 5.75 Å². The van der Waals surface area contributed by atoms with E-state index in [9.17, 15) is 13.5 Å². The van der Waals surface area contributed by atoms with Crippen molar-refractivity contribution >= 4 is 63.5 Å². The van der Waals surface area contributed by atoms with Gasteiger partial charge in [-0.05, 0) is 60.8 Å². The molecule has 0 aliphatic carbocycles. The monoisotopic (exact) mass is 435 g/mol. The van der Waals surface area contributed by atoms with Gasteiger partial charge in [0.2, 0.25) is 10.0 Å². The van der Waals surface area contributed by atoms with Crippen LogP contribution in [0.4, 0.5) is 5.69 Å². The van der Waals surface area contributed by atoms with Gasteiger partial charge in [0.25, 0.3) is 0 Å². The van der Waals surface area contributed by atoms with Gasteiger partial charge in [-0.25, -0.2) is 8.42 Å². The summed E-state index contributed by atoms with van der Waals surface area (Å²) in [5.74, 6) is -0.0124. The SMILES string of the molecule is CCS(=O)(=O)Nc1cc(Br)c(O)c(Br)c1Br. The Morgan fingerprint density at radius 2 is 1.88 bits per heavy atom. The molecule has 0 atom stereocenters. The van der Waals surface area contributed by atoms with Crippen molar-refractivity contribution in [3.05, 3.63) is 19.5 Å². The lowest BCUT2D eigenvalue weighted by Crippen LogP contribution is -2.15. The summed E-state index contributed by atoms with van der Waals surface area (Å²) in [6.45, 7) is 1.54. The van der Waals surface area contributed by atoms with Gasteiger partial charge in [-0.2, -0.15) is 0 Å². The Labute approximate surface area is 119 Å². The number of phenolic OH excluding ortho intramolecular Hbond substituents is 1. The van der Waals surface area contributed by atoms with Crippen LogP contribution in [0, 0.1) is 0 Å². The lowest BCUT2D eigenvalue weighted by molar-refractivity contribution is 0.468. The van der Waals surface area contributed by atoms with E-state index in [0.717, 1.165) is 0 Å². The first kappa shape index (κ1) is 14.3. The molecule has 0 radical (unpaired) electrons. The fourth-order valence-electron chi connectivity index (χ4n) is 0.899. The molecule has 2 N–H and O–H groups in total. The molecular weight excluding hydrogens is 430 g/mol. The quantitative estimate of drug-likeness (QED) is 0.562. The third-order valence-corrected chi connectivity index (χ3v) is 5.80. The van der Waals surface area contributed by atoms with Crippen LogP contribution in [0.3, 0.4) is 0 Å². The van der Waals surface area contributed by atoms with E-state index < -0.39 is 10.0 Å². The van der Waals surface area contributed by atoms with Crippen LogP contribution in [0.5, 0.6) is 5.75 Å². The van der Waals surface area contributed by atoms with Crippen molar-refractivity contribution in [3.8, 4) is 5.75 Å². The van der Waals surface area contributed by atoms with E-state index in [4.69, 9.17) is 0 Å². The summed E-state index contributed by atoms with van der Waals surface area (Å²) >= 11 is 9.47. The second-order valence-electron chi connectivity index (χ2n) is 2.89. The molecule has 1 rings (SSSR count). The lowest BCUT2D eigenvalue weighted by Gasteiger charge is -2.11. The fraction of sp³-hybridized carbons (Fsp3) is 0.250. The summed E-state index contributed by atoms with van der Waals surface area (Å²) in [5.41, 5.74) is 0.360. The molecular formula is C8H8Br3NO3S. The number of rotatable bonds is 3. The minimum Gasteiger partial charge on any atom is -0.506 e. The molecule has 0 aliphatic heterocycles. The van der Waals surface area contributed by atoms with Crippen LogP contribution in [-0.4, -0.2) is 19.3 Å². The predicted octanol–water partition coefficient (Wildman–Crippen LogP) is 3.44. The van der Waals surface area contributed by atoms with Crippen LogP contribution in [0.25, 0.3) is 0 Å². The van der Waals surface area contributed by atoms with Crippen LogP contribution >= 0.6 is 47.8 Å². The number of anilines is 1. The molecule has 0 fully saturated rings. The molecule has 0 aliphatic rings. The van der Waals surface area contributed by atoms with Crippen molar-refractivity contribution in [1.29, 1.82) is 0 Å². The van der Waals surface area contributed by atoms with Crippen LogP contribution in [0.1, 0.15) is 6.92 Å². The van der Waals surface area contributed by atoms with E-state index in [-0.39, 0.29) is 11.5 Å². The highest BCUT2D eigenvalue weighted by Crippen LogP contribution is 2.42. The second-order valence-corrected chi connectivity index (χ2v) is 7.34. The van der Waals surface area contributed by atoms with Crippen molar-refractivity contribution in [1.82, 2.24) is 0 Å². The Morgan fingerprint density at radius 1 is 1.31 bits per heavy atom. The third kappa shape index (κ3) is 3.12. The maximum absolute atomic E-state index is 11.4.